The maximum absolute atomic E-state index is 13.5. The van der Waals surface area contributed by atoms with Gasteiger partial charge in [0.05, 0.1) is 65.9 Å². The Balaban J connectivity index is 0.000000189. The molecule has 4 saturated carbocycles. The molecule has 4 aliphatic rings. The summed E-state index contributed by atoms with van der Waals surface area (Å²) in [6, 6.07) is 12.9. The number of fused-ring (bicyclic) bond motifs is 2. The lowest BCUT2D eigenvalue weighted by atomic mass is 9.84. The summed E-state index contributed by atoms with van der Waals surface area (Å²) in [5.41, 5.74) is 15.8. The van der Waals surface area contributed by atoms with Crippen molar-refractivity contribution < 1.29 is 41.1 Å². The Bertz CT molecular complexity index is 3460. The van der Waals surface area contributed by atoms with E-state index in [1.165, 1.54) is 101 Å². The van der Waals surface area contributed by atoms with Crippen molar-refractivity contribution in [3.8, 4) is 0 Å². The van der Waals surface area contributed by atoms with Crippen LogP contribution in [-0.2, 0) is 29.3 Å². The fourth-order valence-corrected chi connectivity index (χ4v) is 13.1. The Kier molecular flexibility index (Phi) is 17.8. The molecule has 4 aliphatic carbocycles. The number of benzene rings is 2. The van der Waals surface area contributed by atoms with Crippen LogP contribution in [0.3, 0.4) is 0 Å². The van der Waals surface area contributed by atoms with Gasteiger partial charge in [-0.2, -0.15) is 0 Å². The lowest BCUT2D eigenvalue weighted by Gasteiger charge is -2.27. The van der Waals surface area contributed by atoms with Crippen molar-refractivity contribution in [3.63, 3.8) is 0 Å². The fraction of sp³-hybridized carbons (Fsp3) is 0.434. The number of nitrogens with two attached hydrogens (primary N) is 3. The lowest BCUT2D eigenvalue weighted by molar-refractivity contribution is -0.141. The molecule has 2 aromatic carbocycles. The minimum absolute atomic E-state index is 0. The van der Waals surface area contributed by atoms with E-state index >= 15 is 0 Å². The van der Waals surface area contributed by atoms with Gasteiger partial charge in [0.15, 0.2) is 19.7 Å². The van der Waals surface area contributed by atoms with Crippen LogP contribution >= 0.6 is 0 Å². The molecule has 0 radical (unpaired) electrons. The van der Waals surface area contributed by atoms with Crippen LogP contribution in [-0.4, -0.2) is 85.2 Å². The Hall–Kier alpha value is -7.40. The molecule has 0 bridgehead atoms. The van der Waals surface area contributed by atoms with Gasteiger partial charge in [0.2, 0.25) is 17.7 Å². The van der Waals surface area contributed by atoms with Crippen LogP contribution in [0.4, 0.5) is 11.6 Å². The standard InChI is InChI=1S/C26H29N5O5S.C20H24N2O5S.C6H7N3O.CH4/c27-24(32)17-6-11-23(28-14-17)30-25(33)22(12-16-4-2-1-3-5-16)31-15-29-21-13-19(9-10-20(21)26(31)34)37(35,36)18-7-8-18;23-19-16-9-8-15(28(26,27)14-6-7-14)11-17(16)21-12-22(19)18(20(24)25)10-13-4-2-1-3-5-13;7-5-2-1-4(3-9-5)6(8)10;/h6,9-11,13-16,18,22H,1-5,7-8,12H2,(H2,27,32)(H,28,30,33);8-9,11-14,18H,1-7,10H2,(H,24,25);1-3H,(H2,7,9)(H2,8,10);1H4. The number of aromatic nitrogens is 6. The van der Waals surface area contributed by atoms with Gasteiger partial charge in [-0.05, 0) is 111 Å². The predicted octanol–water partition coefficient (Wildman–Crippen LogP) is 6.30. The molecule has 4 heterocycles. The highest BCUT2D eigenvalue weighted by molar-refractivity contribution is 7.92. The number of sulfone groups is 2. The fourth-order valence-electron chi connectivity index (χ4n) is 9.70. The average Bonchev–Trinajstić information content (AvgIpc) is 4.35. The second-order valence-corrected chi connectivity index (χ2v) is 24.2. The number of nitrogens with zero attached hydrogens (tertiary/aromatic N) is 6. The zero-order chi connectivity index (χ0) is 53.6. The van der Waals surface area contributed by atoms with Crippen LogP contribution in [0, 0.1) is 11.8 Å². The van der Waals surface area contributed by atoms with E-state index in [0.717, 1.165) is 57.8 Å². The Morgan fingerprint density at radius 2 is 1.03 bits per heavy atom. The van der Waals surface area contributed by atoms with E-state index in [2.05, 4.69) is 25.3 Å². The summed E-state index contributed by atoms with van der Waals surface area (Å²) in [7, 11) is -6.79. The number of carbonyl (C=O) groups excluding carboxylic acids is 3. The molecule has 2 unspecified atom stereocenters. The van der Waals surface area contributed by atoms with Crippen molar-refractivity contribution in [3.05, 3.63) is 118 Å². The summed E-state index contributed by atoms with van der Waals surface area (Å²) >= 11 is 0. The molecule has 8 N–H and O–H groups in total. The van der Waals surface area contributed by atoms with E-state index in [1.54, 1.807) is 0 Å². The summed E-state index contributed by atoms with van der Waals surface area (Å²) in [5, 5.41) is 12.3. The van der Waals surface area contributed by atoms with E-state index in [-0.39, 0.29) is 66.8 Å². The first-order valence-corrected chi connectivity index (χ1v) is 28.2. The summed E-state index contributed by atoms with van der Waals surface area (Å²) < 4.78 is 52.7. The topological polar surface area (TPSA) is 342 Å². The number of nitrogen functional groups attached to an aromatic ring is 1. The number of nitrogens with one attached hydrogen (secondary N) is 1. The monoisotopic (exact) mass is 1080 g/mol. The molecular weight excluding hydrogens is 1020 g/mol. The molecule has 4 aromatic heterocycles. The van der Waals surface area contributed by atoms with Crippen molar-refractivity contribution in [1.29, 1.82) is 0 Å². The first-order valence-electron chi connectivity index (χ1n) is 25.1. The second-order valence-electron chi connectivity index (χ2n) is 19.7. The summed E-state index contributed by atoms with van der Waals surface area (Å²) in [6.45, 7) is 0. The highest BCUT2D eigenvalue weighted by Gasteiger charge is 2.38. The number of carboxylic acid groups (broad SMARTS) is 1. The van der Waals surface area contributed by atoms with Crippen LogP contribution in [0.1, 0.15) is 143 Å². The van der Waals surface area contributed by atoms with Gasteiger partial charge in [0.1, 0.15) is 23.7 Å². The molecule has 76 heavy (non-hydrogen) atoms. The van der Waals surface area contributed by atoms with E-state index in [4.69, 9.17) is 17.2 Å². The molecule has 0 spiro atoms. The molecule has 10 rings (SSSR count). The zero-order valence-electron chi connectivity index (χ0n) is 41.1. The van der Waals surface area contributed by atoms with Crippen molar-refractivity contribution in [2.75, 3.05) is 11.1 Å². The molecule has 4 fully saturated rings. The van der Waals surface area contributed by atoms with Crippen molar-refractivity contribution >= 4 is 76.8 Å². The Morgan fingerprint density at radius 3 is 1.42 bits per heavy atom. The van der Waals surface area contributed by atoms with Gasteiger partial charge in [-0.1, -0.05) is 71.6 Å². The first kappa shape index (κ1) is 56.3. The Labute approximate surface area is 439 Å². The van der Waals surface area contributed by atoms with Crippen molar-refractivity contribution in [2.45, 2.75) is 143 Å². The maximum Gasteiger partial charge on any atom is 0.326 e. The van der Waals surface area contributed by atoms with Gasteiger partial charge in [0, 0.05) is 12.4 Å². The number of hydrogen-bond donors (Lipinski definition) is 5. The lowest BCUT2D eigenvalue weighted by Crippen LogP contribution is -2.35. The number of pyridine rings is 2. The molecular formula is C53H64N10O11S2. The molecule has 6 aromatic rings. The maximum atomic E-state index is 13.5. The van der Waals surface area contributed by atoms with Crippen molar-refractivity contribution in [1.82, 2.24) is 29.1 Å². The Morgan fingerprint density at radius 1 is 0.592 bits per heavy atom. The molecule has 0 aliphatic heterocycles. The first-order chi connectivity index (χ1) is 35.8. The van der Waals surface area contributed by atoms with Gasteiger partial charge in [-0.25, -0.2) is 41.6 Å². The highest BCUT2D eigenvalue weighted by Crippen LogP contribution is 2.36. The number of carbonyl (C=O) groups is 4. The molecule has 21 nitrogen and oxygen atoms in total. The van der Waals surface area contributed by atoms with Gasteiger partial charge in [0.25, 0.3) is 11.1 Å². The van der Waals surface area contributed by atoms with Crippen LogP contribution < -0.4 is 33.6 Å². The molecule has 23 heteroatoms. The number of primary amides is 2. The number of amides is 3. The van der Waals surface area contributed by atoms with Crippen LogP contribution in [0.25, 0.3) is 21.8 Å². The van der Waals surface area contributed by atoms with Gasteiger partial charge in [-0.15, -0.1) is 0 Å². The quantitative estimate of drug-likeness (QED) is 0.0752. The number of hydrogen-bond acceptors (Lipinski definition) is 15. The van der Waals surface area contributed by atoms with Crippen LogP contribution in [0.15, 0.2) is 105 Å². The minimum atomic E-state index is -3.42. The highest BCUT2D eigenvalue weighted by atomic mass is 32.2. The van der Waals surface area contributed by atoms with Crippen LogP contribution in [0.2, 0.25) is 0 Å². The van der Waals surface area contributed by atoms with Gasteiger partial charge in [-0.3, -0.25) is 33.1 Å². The second kappa shape index (κ2) is 24.1. The third-order valence-electron chi connectivity index (χ3n) is 14.3. The van der Waals surface area contributed by atoms with E-state index < -0.39 is 66.6 Å². The smallest absolute Gasteiger partial charge is 0.326 e. The molecule has 0 saturated heterocycles. The number of aliphatic carboxylic acids is 1. The third-order valence-corrected chi connectivity index (χ3v) is 18.8. The largest absolute Gasteiger partial charge is 0.480 e. The van der Waals surface area contributed by atoms with Crippen molar-refractivity contribution in [2.24, 2.45) is 23.3 Å². The summed E-state index contributed by atoms with van der Waals surface area (Å²) in [4.78, 5) is 90.3. The number of carboxylic acids is 1. The SMILES string of the molecule is C.NC(=O)c1ccc(N)nc1.NC(=O)c1ccc(NC(=O)C(CC2CCCCC2)n2cnc3cc(S(=O)(=O)C4CC4)ccc3c2=O)nc1.O=C(O)C(CC1CCCCC1)n1cnc2cc(S(=O)(=O)C3CC3)ccc2c1=O. The summed E-state index contributed by atoms with van der Waals surface area (Å²) in [6.07, 6.45) is 19.3. The third kappa shape index (κ3) is 13.3. The predicted molar refractivity (Wildman–Crippen MR) is 286 cm³/mol. The van der Waals surface area contributed by atoms with Gasteiger partial charge < -0.3 is 27.6 Å². The molecule has 404 valence electrons. The normalized spacial score (nSPS) is 16.9. The minimum Gasteiger partial charge on any atom is -0.480 e. The zero-order valence-corrected chi connectivity index (χ0v) is 42.8. The number of rotatable bonds is 15. The van der Waals surface area contributed by atoms with Gasteiger partial charge >= 0.3 is 5.97 Å². The average molecular weight is 1080 g/mol. The number of anilines is 2. The van der Waals surface area contributed by atoms with E-state index in [0.29, 0.717) is 55.8 Å². The summed E-state index contributed by atoms with van der Waals surface area (Å²) in [5.74, 6) is -1.38. The molecule has 2 atom stereocenters. The van der Waals surface area contributed by atoms with E-state index in [1.807, 2.05) is 0 Å². The van der Waals surface area contributed by atoms with E-state index in [9.17, 15) is 50.7 Å². The molecule has 3 amide bonds. The van der Waals surface area contributed by atoms with Crippen LogP contribution in [0.5, 0.6) is 0 Å².